The number of nitrogens with zero attached hydrogens (tertiary/aromatic N) is 1. The first-order valence-corrected chi connectivity index (χ1v) is 10.1. The molecule has 0 aromatic heterocycles. The quantitative estimate of drug-likeness (QED) is 0.581. The van der Waals surface area contributed by atoms with Crippen LogP contribution in [0.4, 0.5) is 0 Å². The van der Waals surface area contributed by atoms with Crippen LogP contribution in [-0.4, -0.2) is 60.6 Å². The molecule has 25 heavy (non-hydrogen) atoms. The molecule has 1 fully saturated rings. The molecule has 1 aliphatic rings. The highest BCUT2D eigenvalue weighted by Crippen LogP contribution is 2.14. The van der Waals surface area contributed by atoms with Gasteiger partial charge in [-0.1, -0.05) is 29.8 Å². The highest BCUT2D eigenvalue weighted by atomic mass is 32.2. The molecule has 1 aromatic rings. The van der Waals surface area contributed by atoms with Crippen LogP contribution in [0.5, 0.6) is 0 Å². The van der Waals surface area contributed by atoms with Crippen LogP contribution in [0.2, 0.25) is 0 Å². The second-order valence-corrected chi connectivity index (χ2v) is 8.54. The molecule has 0 spiro atoms. The van der Waals surface area contributed by atoms with Gasteiger partial charge in [-0.3, -0.25) is 4.79 Å². The molecule has 0 radical (unpaired) electrons. The number of aryl methyl sites for hydroxylation is 1. The fraction of sp³-hybridized carbons (Fsp3) is 0.562. The molecule has 0 aliphatic carbocycles. The lowest BCUT2D eigenvalue weighted by Crippen LogP contribution is -2.49. The van der Waals surface area contributed by atoms with Crippen LogP contribution < -0.4 is 5.32 Å². The minimum absolute atomic E-state index is 0.00362. The number of carbonyl (C=O) groups excluding carboxylic acids is 1. The smallest absolute Gasteiger partial charge is 0.426 e. The number of sulfonamides is 1. The zero-order chi connectivity index (χ0) is 18.4. The van der Waals surface area contributed by atoms with Crippen LogP contribution >= 0.6 is 0 Å². The van der Waals surface area contributed by atoms with Gasteiger partial charge in [0.05, 0.1) is 11.7 Å². The van der Waals surface area contributed by atoms with Gasteiger partial charge in [-0.25, -0.2) is 12.7 Å². The summed E-state index contributed by atoms with van der Waals surface area (Å²) in [5.41, 5.74) is 1.97. The van der Waals surface area contributed by atoms with Gasteiger partial charge in [0.1, 0.15) is 0 Å². The summed E-state index contributed by atoms with van der Waals surface area (Å²) in [6, 6.07) is 7.58. The Kier molecular flexibility index (Phi) is 7.00. The molecule has 3 N–H and O–H groups in total. The van der Waals surface area contributed by atoms with Crippen molar-refractivity contribution in [1.82, 2.24) is 9.62 Å². The summed E-state index contributed by atoms with van der Waals surface area (Å²) in [7, 11) is -4.95. The summed E-state index contributed by atoms with van der Waals surface area (Å²) >= 11 is 0. The van der Waals surface area contributed by atoms with Gasteiger partial charge in [0.2, 0.25) is 15.9 Å². The van der Waals surface area contributed by atoms with Gasteiger partial charge in [0.25, 0.3) is 0 Å². The maximum absolute atomic E-state index is 12.1. The first kappa shape index (κ1) is 19.9. The van der Waals surface area contributed by atoms with Crippen molar-refractivity contribution in [3.63, 3.8) is 0 Å². The Bertz CT molecular complexity index is 678. The summed E-state index contributed by atoms with van der Waals surface area (Å²) in [6.07, 6.45) is 1.73. The molecule has 0 bridgehead atoms. The second kappa shape index (κ2) is 8.80. The number of hydrogen-bond acceptors (Lipinski definition) is 5. The molecule has 0 saturated carbocycles. The van der Waals surface area contributed by atoms with E-state index in [1.165, 1.54) is 4.31 Å². The second-order valence-electron chi connectivity index (χ2n) is 6.45. The average molecular weight is 368 g/mol. The van der Waals surface area contributed by atoms with E-state index >= 15 is 0 Å². The van der Waals surface area contributed by atoms with Crippen LogP contribution in [0.25, 0.3) is 0 Å². The summed E-state index contributed by atoms with van der Waals surface area (Å²) < 4.78 is 25.1. The zero-order valence-corrected chi connectivity index (χ0v) is 15.2. The van der Waals surface area contributed by atoms with Gasteiger partial charge in [-0.15, -0.1) is 0 Å². The Labute approximate surface area is 149 Å². The predicted molar refractivity (Wildman–Crippen MR) is 96.2 cm³/mol. The monoisotopic (exact) mass is 368 g/mol. The van der Waals surface area contributed by atoms with E-state index in [4.69, 9.17) is 0 Å². The molecule has 138 valence electrons. The Morgan fingerprint density at radius 2 is 1.96 bits per heavy atom. The third-order valence-corrected chi connectivity index (χ3v) is 6.28. The van der Waals surface area contributed by atoms with E-state index in [0.29, 0.717) is 13.0 Å². The Hall–Kier alpha value is -1.42. The van der Waals surface area contributed by atoms with Gasteiger partial charge in [-0.05, 0) is 31.7 Å². The van der Waals surface area contributed by atoms with E-state index in [0.717, 1.165) is 17.5 Å². The van der Waals surface area contributed by atoms with Crippen molar-refractivity contribution in [2.24, 2.45) is 0 Å². The van der Waals surface area contributed by atoms with E-state index in [-0.39, 0.29) is 25.1 Å². The zero-order valence-electron chi connectivity index (χ0n) is 14.4. The number of amides is 1. The van der Waals surface area contributed by atoms with Crippen molar-refractivity contribution in [2.75, 3.05) is 18.8 Å². The molecule has 1 heterocycles. The van der Waals surface area contributed by atoms with Crippen molar-refractivity contribution in [2.45, 2.75) is 38.5 Å². The Morgan fingerprint density at radius 3 is 2.56 bits per heavy atom. The molecule has 7 nitrogen and oxygen atoms in total. The van der Waals surface area contributed by atoms with Gasteiger partial charge in [0, 0.05) is 19.5 Å². The van der Waals surface area contributed by atoms with Crippen LogP contribution in [0.15, 0.2) is 24.3 Å². The minimum atomic E-state index is -3.26. The number of hydrogen-bond donors (Lipinski definition) is 3. The van der Waals surface area contributed by atoms with Crippen molar-refractivity contribution < 1.29 is 23.3 Å². The van der Waals surface area contributed by atoms with E-state index < -0.39 is 29.0 Å². The number of benzene rings is 1. The first-order chi connectivity index (χ1) is 11.8. The lowest BCUT2D eigenvalue weighted by molar-refractivity contribution is -0.121. The molecule has 1 amide bonds. The van der Waals surface area contributed by atoms with Gasteiger partial charge in [0.15, 0.2) is 0 Å². The Morgan fingerprint density at radius 1 is 1.28 bits per heavy atom. The molecular weight excluding hydrogens is 343 g/mol. The Balaban J connectivity index is 1.88. The molecular formula is C16H25BN2O5S. The molecule has 9 heteroatoms. The van der Waals surface area contributed by atoms with Crippen molar-refractivity contribution >= 4 is 23.0 Å². The van der Waals surface area contributed by atoms with E-state index in [9.17, 15) is 23.3 Å². The first-order valence-electron chi connectivity index (χ1n) is 8.47. The topological polar surface area (TPSA) is 107 Å². The SMILES string of the molecule is Cc1ccc(CC(NC(=O)CCN2CCCCS2(=O)=O)B(O)O)cc1. The van der Waals surface area contributed by atoms with Crippen LogP contribution in [-0.2, 0) is 21.2 Å². The number of rotatable bonds is 7. The van der Waals surface area contributed by atoms with E-state index in [2.05, 4.69) is 5.32 Å². The summed E-state index contributed by atoms with van der Waals surface area (Å²) in [5.74, 6) is -1.11. The van der Waals surface area contributed by atoms with Crippen molar-refractivity contribution in [3.05, 3.63) is 35.4 Å². The van der Waals surface area contributed by atoms with Gasteiger partial charge in [-0.2, -0.15) is 0 Å². The van der Waals surface area contributed by atoms with Crippen molar-refractivity contribution in [1.29, 1.82) is 0 Å². The molecule has 1 atom stereocenters. The lowest BCUT2D eigenvalue weighted by Gasteiger charge is -2.26. The molecule has 1 aromatic carbocycles. The van der Waals surface area contributed by atoms with E-state index in [1.807, 2.05) is 31.2 Å². The fourth-order valence-corrected chi connectivity index (χ4v) is 4.41. The summed E-state index contributed by atoms with van der Waals surface area (Å²) in [6.45, 7) is 2.51. The maximum atomic E-state index is 12.1. The number of carbonyl (C=O) groups is 1. The molecule has 1 saturated heterocycles. The molecule has 1 aliphatic heterocycles. The minimum Gasteiger partial charge on any atom is -0.426 e. The maximum Gasteiger partial charge on any atom is 0.475 e. The standard InChI is InChI=1S/C16H25BN2O5S/c1-13-4-6-14(7-5-13)12-15(17(21)22)18-16(20)8-10-19-9-2-3-11-25(19,23)24/h4-7,15,21-22H,2-3,8-12H2,1H3,(H,18,20). The lowest BCUT2D eigenvalue weighted by atomic mass is 9.76. The highest BCUT2D eigenvalue weighted by Gasteiger charge is 2.28. The van der Waals surface area contributed by atoms with Gasteiger partial charge < -0.3 is 15.4 Å². The third-order valence-electron chi connectivity index (χ3n) is 4.32. The molecule has 2 rings (SSSR count). The van der Waals surface area contributed by atoms with Crippen LogP contribution in [0.3, 0.4) is 0 Å². The van der Waals surface area contributed by atoms with Gasteiger partial charge >= 0.3 is 7.12 Å². The predicted octanol–water partition coefficient (Wildman–Crippen LogP) is -0.150. The van der Waals surface area contributed by atoms with Crippen LogP contribution in [0, 0.1) is 6.92 Å². The highest BCUT2D eigenvalue weighted by molar-refractivity contribution is 7.89. The third kappa shape index (κ3) is 6.11. The van der Waals surface area contributed by atoms with E-state index in [1.54, 1.807) is 0 Å². The van der Waals surface area contributed by atoms with Crippen LogP contribution in [0.1, 0.15) is 30.4 Å². The van der Waals surface area contributed by atoms with Crippen molar-refractivity contribution in [3.8, 4) is 0 Å². The summed E-state index contributed by atoms with van der Waals surface area (Å²) in [5, 5.41) is 21.6. The summed E-state index contributed by atoms with van der Waals surface area (Å²) in [4.78, 5) is 12.1. The largest absolute Gasteiger partial charge is 0.475 e. The molecule has 1 unspecified atom stereocenters. The number of nitrogens with one attached hydrogen (secondary N) is 1. The normalized spacial score (nSPS) is 18.5. The fourth-order valence-electron chi connectivity index (χ4n) is 2.81. The average Bonchev–Trinajstić information content (AvgIpc) is 2.54.